The Morgan fingerprint density at radius 2 is 1.91 bits per heavy atom. The molecule has 4 saturated carbocycles. The van der Waals surface area contributed by atoms with E-state index in [1.807, 2.05) is 0 Å². The molecule has 128 valence electrons. The number of hydrogen-bond acceptors (Lipinski definition) is 3. The van der Waals surface area contributed by atoms with Gasteiger partial charge in [0.05, 0.1) is 6.54 Å². The molecule has 1 saturated heterocycles. The van der Waals surface area contributed by atoms with Crippen molar-refractivity contribution in [3.05, 3.63) is 0 Å². The van der Waals surface area contributed by atoms with Crippen LogP contribution in [0, 0.1) is 11.8 Å². The van der Waals surface area contributed by atoms with Crippen LogP contribution in [0.4, 0.5) is 0 Å². The molecule has 5 aliphatic rings. The van der Waals surface area contributed by atoms with Gasteiger partial charge >= 0.3 is 0 Å². The number of hydrogen-bond donors (Lipinski definition) is 2. The standard InChI is InChI=1S/C17H26IN3O2/c18-16-5-11-4-12(6-16)8-17(7-11,10-16)20-9-14(22)21-3-1-2-13(21)15(19)23/h11-13,20H,1-10H2,(H2,19,23)/t11?,12?,13-,16?,17?/m0/s1. The van der Waals surface area contributed by atoms with E-state index in [1.165, 1.54) is 38.5 Å². The van der Waals surface area contributed by atoms with Gasteiger partial charge in [-0.25, -0.2) is 0 Å². The quantitative estimate of drug-likeness (QED) is 0.525. The number of halogens is 1. The first-order valence-corrected chi connectivity index (χ1v) is 9.99. The highest BCUT2D eigenvalue weighted by atomic mass is 127. The van der Waals surface area contributed by atoms with E-state index in [9.17, 15) is 9.59 Å². The topological polar surface area (TPSA) is 75.4 Å². The van der Waals surface area contributed by atoms with Crippen LogP contribution in [-0.4, -0.2) is 44.8 Å². The van der Waals surface area contributed by atoms with Gasteiger partial charge in [0.1, 0.15) is 6.04 Å². The number of nitrogens with two attached hydrogens (primary N) is 1. The van der Waals surface area contributed by atoms with Crippen LogP contribution < -0.4 is 11.1 Å². The van der Waals surface area contributed by atoms with E-state index in [-0.39, 0.29) is 17.4 Å². The molecule has 1 aliphatic heterocycles. The van der Waals surface area contributed by atoms with Crippen molar-refractivity contribution in [2.24, 2.45) is 17.6 Å². The molecule has 23 heavy (non-hydrogen) atoms. The number of nitrogens with zero attached hydrogens (tertiary/aromatic N) is 1. The van der Waals surface area contributed by atoms with Crippen molar-refractivity contribution in [2.75, 3.05) is 13.1 Å². The van der Waals surface area contributed by atoms with E-state index in [0.717, 1.165) is 18.3 Å². The molecule has 5 rings (SSSR count). The maximum Gasteiger partial charge on any atom is 0.240 e. The molecular formula is C17H26IN3O2. The third kappa shape index (κ3) is 2.90. The third-order valence-corrected chi connectivity index (χ3v) is 7.77. The normalized spacial score (nSPS) is 44.7. The Morgan fingerprint density at radius 3 is 2.52 bits per heavy atom. The first-order chi connectivity index (χ1) is 10.9. The van der Waals surface area contributed by atoms with Gasteiger partial charge in [-0.1, -0.05) is 22.6 Å². The van der Waals surface area contributed by atoms with Crippen molar-refractivity contribution in [3.8, 4) is 0 Å². The molecule has 0 aromatic heterocycles. The first-order valence-electron chi connectivity index (χ1n) is 8.91. The summed E-state index contributed by atoms with van der Waals surface area (Å²) in [5.74, 6) is 1.35. The van der Waals surface area contributed by atoms with Crippen molar-refractivity contribution in [1.82, 2.24) is 10.2 Å². The number of primary amides is 1. The van der Waals surface area contributed by atoms with Crippen molar-refractivity contribution in [1.29, 1.82) is 0 Å². The van der Waals surface area contributed by atoms with E-state index in [4.69, 9.17) is 5.73 Å². The molecule has 3 atom stereocenters. The maximum absolute atomic E-state index is 12.6. The lowest BCUT2D eigenvalue weighted by atomic mass is 9.53. The fourth-order valence-corrected chi connectivity index (χ4v) is 8.06. The average molecular weight is 431 g/mol. The van der Waals surface area contributed by atoms with Gasteiger partial charge in [0.15, 0.2) is 0 Å². The van der Waals surface area contributed by atoms with Crippen LogP contribution >= 0.6 is 22.6 Å². The van der Waals surface area contributed by atoms with Gasteiger partial charge in [0.25, 0.3) is 0 Å². The zero-order valence-electron chi connectivity index (χ0n) is 13.5. The summed E-state index contributed by atoms with van der Waals surface area (Å²) < 4.78 is 0.446. The molecule has 4 bridgehead atoms. The molecule has 1 heterocycles. The Bertz CT molecular complexity index is 524. The predicted molar refractivity (Wildman–Crippen MR) is 96.1 cm³/mol. The Kier molecular flexibility index (Phi) is 3.91. The molecule has 4 aliphatic carbocycles. The van der Waals surface area contributed by atoms with Crippen LogP contribution in [-0.2, 0) is 9.59 Å². The van der Waals surface area contributed by atoms with Gasteiger partial charge in [-0.05, 0) is 63.2 Å². The van der Waals surface area contributed by atoms with E-state index in [1.54, 1.807) is 4.90 Å². The zero-order chi connectivity index (χ0) is 16.2. The van der Waals surface area contributed by atoms with Crippen LogP contribution in [0.15, 0.2) is 0 Å². The summed E-state index contributed by atoms with van der Waals surface area (Å²) in [5, 5.41) is 3.64. The maximum atomic E-state index is 12.6. The van der Waals surface area contributed by atoms with Crippen LogP contribution in [0.2, 0.25) is 0 Å². The monoisotopic (exact) mass is 431 g/mol. The van der Waals surface area contributed by atoms with E-state index in [0.29, 0.717) is 22.9 Å². The SMILES string of the molecule is NC(=O)[C@@H]1CCCN1C(=O)CNC12CC3CC(CC(I)(C3)C1)C2. The van der Waals surface area contributed by atoms with Gasteiger partial charge < -0.3 is 16.0 Å². The van der Waals surface area contributed by atoms with Crippen molar-refractivity contribution in [2.45, 2.75) is 66.4 Å². The lowest BCUT2D eigenvalue weighted by molar-refractivity contribution is -0.137. The van der Waals surface area contributed by atoms with Crippen molar-refractivity contribution in [3.63, 3.8) is 0 Å². The Morgan fingerprint density at radius 1 is 1.22 bits per heavy atom. The summed E-state index contributed by atoms with van der Waals surface area (Å²) in [4.78, 5) is 25.8. The minimum atomic E-state index is -0.392. The van der Waals surface area contributed by atoms with Gasteiger partial charge in [-0.2, -0.15) is 0 Å². The zero-order valence-corrected chi connectivity index (χ0v) is 15.7. The molecular weight excluding hydrogens is 405 g/mol. The largest absolute Gasteiger partial charge is 0.368 e. The minimum Gasteiger partial charge on any atom is -0.368 e. The highest BCUT2D eigenvalue weighted by Crippen LogP contribution is 2.60. The molecule has 5 nitrogen and oxygen atoms in total. The lowest BCUT2D eigenvalue weighted by Crippen LogP contribution is -2.64. The predicted octanol–water partition coefficient (Wildman–Crippen LogP) is 1.58. The number of likely N-dealkylation sites (tertiary alicyclic amines) is 1. The summed E-state index contributed by atoms with van der Waals surface area (Å²) in [6.45, 7) is 1.03. The average Bonchev–Trinajstić information content (AvgIpc) is 2.91. The van der Waals surface area contributed by atoms with E-state index >= 15 is 0 Å². The molecule has 0 spiro atoms. The van der Waals surface area contributed by atoms with Gasteiger partial charge in [-0.3, -0.25) is 9.59 Å². The smallest absolute Gasteiger partial charge is 0.240 e. The van der Waals surface area contributed by atoms with Gasteiger partial charge in [0.2, 0.25) is 11.8 Å². The molecule has 0 aromatic carbocycles. The summed E-state index contributed by atoms with van der Waals surface area (Å²) in [5.41, 5.74) is 5.59. The number of rotatable bonds is 4. The van der Waals surface area contributed by atoms with Gasteiger partial charge in [0, 0.05) is 15.5 Å². The lowest BCUT2D eigenvalue weighted by Gasteiger charge is -2.60. The third-order valence-electron chi connectivity index (χ3n) is 6.51. The second-order valence-electron chi connectivity index (χ2n) is 8.39. The second-order valence-corrected chi connectivity index (χ2v) is 10.7. The molecule has 3 N–H and O–H groups in total. The number of carbonyl (C=O) groups excluding carboxylic acids is 2. The number of carbonyl (C=O) groups is 2. The van der Waals surface area contributed by atoms with Crippen LogP contribution in [0.5, 0.6) is 0 Å². The molecule has 0 aromatic rings. The van der Waals surface area contributed by atoms with Crippen LogP contribution in [0.25, 0.3) is 0 Å². The van der Waals surface area contributed by atoms with Crippen molar-refractivity contribution >= 4 is 34.4 Å². The summed E-state index contributed by atoms with van der Waals surface area (Å²) in [6, 6.07) is -0.392. The molecule has 5 fully saturated rings. The van der Waals surface area contributed by atoms with Crippen molar-refractivity contribution < 1.29 is 9.59 Å². The number of amides is 2. The van der Waals surface area contributed by atoms with Crippen LogP contribution in [0.3, 0.4) is 0 Å². The fourth-order valence-electron chi connectivity index (χ4n) is 6.08. The Hall–Kier alpha value is -0.370. The number of nitrogens with one attached hydrogen (secondary N) is 1. The Balaban J connectivity index is 1.41. The fraction of sp³-hybridized carbons (Fsp3) is 0.882. The highest BCUT2D eigenvalue weighted by Gasteiger charge is 2.56. The minimum absolute atomic E-state index is 0.0459. The summed E-state index contributed by atoms with van der Waals surface area (Å²) >= 11 is 2.69. The van der Waals surface area contributed by atoms with Gasteiger partial charge in [-0.15, -0.1) is 0 Å². The first kappa shape index (κ1) is 16.1. The highest BCUT2D eigenvalue weighted by molar-refractivity contribution is 14.1. The molecule has 2 unspecified atom stereocenters. The summed E-state index contributed by atoms with van der Waals surface area (Å²) in [6.07, 6.45) is 9.34. The summed E-state index contributed by atoms with van der Waals surface area (Å²) in [7, 11) is 0. The molecule has 6 heteroatoms. The van der Waals surface area contributed by atoms with Crippen LogP contribution in [0.1, 0.15) is 51.4 Å². The Labute approximate surface area is 151 Å². The number of alkyl halides is 1. The molecule has 0 radical (unpaired) electrons. The molecule has 2 amide bonds. The van der Waals surface area contributed by atoms with E-state index in [2.05, 4.69) is 27.9 Å². The van der Waals surface area contributed by atoms with E-state index < -0.39 is 6.04 Å². The second kappa shape index (κ2) is 5.58.